The molecular weight excluding hydrogens is 294 g/mol. The Balaban J connectivity index is 1.56. The van der Waals surface area contributed by atoms with Crippen molar-refractivity contribution in [3.05, 3.63) is 40.6 Å². The smallest absolute Gasteiger partial charge is 0.0773 e. The van der Waals surface area contributed by atoms with E-state index < -0.39 is 0 Å². The summed E-state index contributed by atoms with van der Waals surface area (Å²) in [5.41, 5.74) is 2.01. The maximum Gasteiger partial charge on any atom is 0.0773 e. The molecule has 1 fully saturated rings. The maximum absolute atomic E-state index is 4.46. The lowest BCUT2D eigenvalue weighted by atomic mass is 10.1. The van der Waals surface area contributed by atoms with Crippen molar-refractivity contribution >= 4 is 15.9 Å². The van der Waals surface area contributed by atoms with Gasteiger partial charge in [-0.2, -0.15) is 5.10 Å². The van der Waals surface area contributed by atoms with Gasteiger partial charge in [0.05, 0.1) is 28.1 Å². The number of rotatable bonds is 3. The molecule has 5 nitrogen and oxygen atoms in total. The third-order valence-electron chi connectivity index (χ3n) is 3.07. The fourth-order valence-corrected chi connectivity index (χ4v) is 2.48. The van der Waals surface area contributed by atoms with E-state index in [9.17, 15) is 0 Å². The van der Waals surface area contributed by atoms with Gasteiger partial charge in [0.25, 0.3) is 0 Å². The lowest BCUT2D eigenvalue weighted by Gasteiger charge is -2.38. The number of aryl methyl sites for hydroxylation is 1. The van der Waals surface area contributed by atoms with E-state index in [1.807, 2.05) is 30.2 Å². The highest BCUT2D eigenvalue weighted by atomic mass is 79.9. The molecular formula is C12H14BrN5. The van der Waals surface area contributed by atoms with Crippen LogP contribution in [-0.4, -0.2) is 37.7 Å². The van der Waals surface area contributed by atoms with Crippen LogP contribution in [0.5, 0.6) is 0 Å². The quantitative estimate of drug-likeness (QED) is 0.867. The Labute approximate surface area is 114 Å². The van der Waals surface area contributed by atoms with Gasteiger partial charge >= 0.3 is 0 Å². The Morgan fingerprint density at radius 3 is 2.83 bits per heavy atom. The van der Waals surface area contributed by atoms with Crippen LogP contribution in [0, 0.1) is 6.92 Å². The molecule has 0 saturated carbocycles. The Morgan fingerprint density at radius 2 is 2.17 bits per heavy atom. The molecule has 0 N–H and O–H groups in total. The molecule has 3 heterocycles. The molecule has 3 rings (SSSR count). The maximum atomic E-state index is 4.46. The van der Waals surface area contributed by atoms with Crippen LogP contribution in [0.25, 0.3) is 0 Å². The second-order valence-electron chi connectivity index (χ2n) is 4.64. The van der Waals surface area contributed by atoms with Gasteiger partial charge in [-0.1, -0.05) is 0 Å². The first-order valence-corrected chi connectivity index (χ1v) is 6.69. The molecule has 0 aliphatic carbocycles. The molecule has 1 aliphatic rings. The minimum atomic E-state index is 0.481. The summed E-state index contributed by atoms with van der Waals surface area (Å²) in [6.07, 6.45) is 7.47. The molecule has 1 aliphatic heterocycles. The normalized spacial score (nSPS) is 16.8. The van der Waals surface area contributed by atoms with Crippen molar-refractivity contribution in [2.75, 3.05) is 13.1 Å². The van der Waals surface area contributed by atoms with Gasteiger partial charge in [-0.3, -0.25) is 19.5 Å². The molecule has 6 heteroatoms. The van der Waals surface area contributed by atoms with Gasteiger partial charge in [0, 0.05) is 38.2 Å². The third kappa shape index (κ3) is 2.44. The summed E-state index contributed by atoms with van der Waals surface area (Å²) in [6.45, 7) is 4.87. The standard InChI is InChI=1S/C12H14BrN5/c1-9-2-14-4-11(16-9)6-17-7-12(8-17)18-5-10(13)3-15-18/h2-5,12H,6-8H2,1H3. The van der Waals surface area contributed by atoms with Crippen molar-refractivity contribution in [3.8, 4) is 0 Å². The SMILES string of the molecule is Cc1cncc(CN2CC(n3cc(Br)cn3)C2)n1. The van der Waals surface area contributed by atoms with Gasteiger partial charge in [-0.15, -0.1) is 0 Å². The number of nitrogens with zero attached hydrogens (tertiary/aromatic N) is 5. The molecule has 0 bridgehead atoms. The van der Waals surface area contributed by atoms with Gasteiger partial charge < -0.3 is 0 Å². The van der Waals surface area contributed by atoms with Crippen molar-refractivity contribution in [1.82, 2.24) is 24.6 Å². The predicted molar refractivity (Wildman–Crippen MR) is 71.0 cm³/mol. The second-order valence-corrected chi connectivity index (χ2v) is 5.55. The second kappa shape index (κ2) is 4.78. The summed E-state index contributed by atoms with van der Waals surface area (Å²) in [5.74, 6) is 0. The third-order valence-corrected chi connectivity index (χ3v) is 3.48. The van der Waals surface area contributed by atoms with Crippen LogP contribution in [0.1, 0.15) is 17.4 Å². The number of hydrogen-bond acceptors (Lipinski definition) is 4. The fourth-order valence-electron chi connectivity index (χ4n) is 2.17. The lowest BCUT2D eigenvalue weighted by Crippen LogP contribution is -2.47. The van der Waals surface area contributed by atoms with Gasteiger partial charge in [-0.05, 0) is 22.9 Å². The Morgan fingerprint density at radius 1 is 1.33 bits per heavy atom. The average Bonchev–Trinajstić information content (AvgIpc) is 2.69. The van der Waals surface area contributed by atoms with Gasteiger partial charge in [-0.25, -0.2) is 0 Å². The van der Waals surface area contributed by atoms with Crippen molar-refractivity contribution in [1.29, 1.82) is 0 Å². The van der Waals surface area contributed by atoms with Gasteiger partial charge in [0.1, 0.15) is 0 Å². The molecule has 2 aromatic rings. The van der Waals surface area contributed by atoms with Gasteiger partial charge in [0.15, 0.2) is 0 Å². The predicted octanol–water partition coefficient (Wildman–Crippen LogP) is 1.80. The zero-order valence-corrected chi connectivity index (χ0v) is 11.7. The number of hydrogen-bond donors (Lipinski definition) is 0. The number of aromatic nitrogens is 4. The first kappa shape index (κ1) is 11.8. The van der Waals surface area contributed by atoms with E-state index in [0.29, 0.717) is 6.04 Å². The summed E-state index contributed by atoms with van der Waals surface area (Å²) >= 11 is 3.42. The van der Waals surface area contributed by atoms with Crippen LogP contribution in [-0.2, 0) is 6.54 Å². The molecule has 18 heavy (non-hydrogen) atoms. The van der Waals surface area contributed by atoms with E-state index in [0.717, 1.165) is 35.5 Å². The molecule has 0 spiro atoms. The molecule has 0 unspecified atom stereocenters. The topological polar surface area (TPSA) is 46.8 Å². The molecule has 0 amide bonds. The zero-order chi connectivity index (χ0) is 12.5. The van der Waals surface area contributed by atoms with Crippen LogP contribution < -0.4 is 0 Å². The van der Waals surface area contributed by atoms with E-state index in [1.165, 1.54) is 0 Å². The number of halogens is 1. The van der Waals surface area contributed by atoms with Crippen LogP contribution in [0.15, 0.2) is 29.3 Å². The molecule has 1 saturated heterocycles. The minimum absolute atomic E-state index is 0.481. The van der Waals surface area contributed by atoms with E-state index in [2.05, 4.69) is 35.9 Å². The van der Waals surface area contributed by atoms with Crippen molar-refractivity contribution in [2.24, 2.45) is 0 Å². The van der Waals surface area contributed by atoms with Crippen molar-refractivity contribution in [2.45, 2.75) is 19.5 Å². The summed E-state index contributed by atoms with van der Waals surface area (Å²) in [4.78, 5) is 11.0. The van der Waals surface area contributed by atoms with Gasteiger partial charge in [0.2, 0.25) is 0 Å². The van der Waals surface area contributed by atoms with Crippen molar-refractivity contribution < 1.29 is 0 Å². The van der Waals surface area contributed by atoms with E-state index in [1.54, 1.807) is 6.20 Å². The Bertz CT molecular complexity index is 547. The molecule has 0 aromatic carbocycles. The highest BCUT2D eigenvalue weighted by Crippen LogP contribution is 2.23. The van der Waals surface area contributed by atoms with Crippen LogP contribution in [0.3, 0.4) is 0 Å². The zero-order valence-electron chi connectivity index (χ0n) is 10.1. The summed E-state index contributed by atoms with van der Waals surface area (Å²) < 4.78 is 3.05. The molecule has 0 radical (unpaired) electrons. The summed E-state index contributed by atoms with van der Waals surface area (Å²) in [6, 6.07) is 0.481. The molecule has 94 valence electrons. The largest absolute Gasteiger partial charge is 0.293 e. The highest BCUT2D eigenvalue weighted by molar-refractivity contribution is 9.10. The summed E-state index contributed by atoms with van der Waals surface area (Å²) in [5, 5.41) is 4.31. The average molecular weight is 308 g/mol. The van der Waals surface area contributed by atoms with Crippen LogP contribution in [0.2, 0.25) is 0 Å². The van der Waals surface area contributed by atoms with E-state index in [4.69, 9.17) is 0 Å². The first-order valence-electron chi connectivity index (χ1n) is 5.90. The lowest BCUT2D eigenvalue weighted by molar-refractivity contribution is 0.0893. The Hall–Kier alpha value is -1.27. The van der Waals surface area contributed by atoms with Crippen molar-refractivity contribution in [3.63, 3.8) is 0 Å². The van der Waals surface area contributed by atoms with Crippen LogP contribution in [0.4, 0.5) is 0 Å². The Kier molecular flexibility index (Phi) is 3.13. The molecule has 0 atom stereocenters. The molecule has 2 aromatic heterocycles. The number of likely N-dealkylation sites (tertiary alicyclic amines) is 1. The highest BCUT2D eigenvalue weighted by Gasteiger charge is 2.28. The fraction of sp³-hybridized carbons (Fsp3) is 0.417. The first-order chi connectivity index (χ1) is 8.70. The van der Waals surface area contributed by atoms with E-state index >= 15 is 0 Å². The summed E-state index contributed by atoms with van der Waals surface area (Å²) in [7, 11) is 0. The van der Waals surface area contributed by atoms with E-state index in [-0.39, 0.29) is 0 Å². The minimum Gasteiger partial charge on any atom is -0.293 e. The van der Waals surface area contributed by atoms with Crippen LogP contribution >= 0.6 is 15.9 Å². The monoisotopic (exact) mass is 307 g/mol.